The van der Waals surface area contributed by atoms with Crippen LogP contribution in [0.2, 0.25) is 0 Å². The van der Waals surface area contributed by atoms with Crippen LogP contribution in [0.3, 0.4) is 0 Å². The molecule has 0 unspecified atom stereocenters. The highest BCUT2D eigenvalue weighted by atomic mass is 15.4. The lowest BCUT2D eigenvalue weighted by Gasteiger charge is -2.26. The zero-order valence-electron chi connectivity index (χ0n) is 8.96. The molecule has 14 heavy (non-hydrogen) atoms. The zero-order chi connectivity index (χ0) is 10.7. The van der Waals surface area contributed by atoms with E-state index in [9.17, 15) is 0 Å². The smallest absolute Gasteiger partial charge is 0.0832 e. The van der Waals surface area contributed by atoms with Gasteiger partial charge in [-0.3, -0.25) is 0 Å². The number of hydrogen-bond donors (Lipinski definition) is 2. The maximum absolute atomic E-state index is 5.97. The lowest BCUT2D eigenvalue weighted by molar-refractivity contribution is 0.298. The maximum Gasteiger partial charge on any atom is 0.0832 e. The molecule has 0 saturated heterocycles. The van der Waals surface area contributed by atoms with Crippen LogP contribution in [-0.4, -0.2) is 11.1 Å². The van der Waals surface area contributed by atoms with Crippen LogP contribution in [0.15, 0.2) is 23.0 Å². The summed E-state index contributed by atoms with van der Waals surface area (Å²) in [6, 6.07) is 0.215. The first-order valence-electron chi connectivity index (χ1n) is 4.72. The van der Waals surface area contributed by atoms with E-state index in [4.69, 9.17) is 11.6 Å². The summed E-state index contributed by atoms with van der Waals surface area (Å²) in [5.74, 6) is 11.8. The molecule has 0 aliphatic heterocycles. The van der Waals surface area contributed by atoms with Gasteiger partial charge in [0.25, 0.3) is 0 Å². The number of hydrazine groups is 1. The number of hydrogen-bond acceptors (Lipinski definition) is 3. The van der Waals surface area contributed by atoms with Gasteiger partial charge in [0.2, 0.25) is 0 Å². The van der Waals surface area contributed by atoms with Gasteiger partial charge in [0, 0.05) is 18.5 Å². The van der Waals surface area contributed by atoms with Gasteiger partial charge in [-0.15, -0.1) is 0 Å². The van der Waals surface area contributed by atoms with Gasteiger partial charge in [0.05, 0.1) is 11.4 Å². The predicted molar refractivity (Wildman–Crippen MR) is 58.5 cm³/mol. The van der Waals surface area contributed by atoms with Gasteiger partial charge >= 0.3 is 0 Å². The van der Waals surface area contributed by atoms with Gasteiger partial charge in [-0.2, -0.15) is 0 Å². The van der Waals surface area contributed by atoms with E-state index < -0.39 is 0 Å². The summed E-state index contributed by atoms with van der Waals surface area (Å²) in [7, 11) is 0. The highest BCUT2D eigenvalue weighted by Crippen LogP contribution is 2.17. The summed E-state index contributed by atoms with van der Waals surface area (Å²) in [4.78, 5) is 0. The number of rotatable bonds is 2. The van der Waals surface area contributed by atoms with Crippen LogP contribution in [0.4, 0.5) is 0 Å². The Balaban J connectivity index is 3.03. The normalized spacial score (nSPS) is 15.9. The number of nitrogens with two attached hydrogens (primary N) is 2. The van der Waals surface area contributed by atoms with E-state index in [0.717, 1.165) is 23.4 Å². The molecule has 4 N–H and O–H groups in total. The molecule has 0 radical (unpaired) electrons. The fourth-order valence-corrected chi connectivity index (χ4v) is 1.19. The van der Waals surface area contributed by atoms with Gasteiger partial charge in [0.1, 0.15) is 0 Å². The molecule has 0 saturated carbocycles. The molecule has 1 aliphatic rings. The lowest BCUT2D eigenvalue weighted by Crippen LogP contribution is -2.38. The summed E-state index contributed by atoms with van der Waals surface area (Å²) in [6.07, 6.45) is 2.50. The quantitative estimate of drug-likeness (QED) is 0.390. The average molecular weight is 191 g/mol. The van der Waals surface area contributed by atoms with Crippen molar-refractivity contribution in [2.24, 2.45) is 11.6 Å². The molecule has 0 amide bonds. The number of nitrogens with zero attached hydrogens (tertiary/aromatic N) is 1. The van der Waals surface area contributed by atoms with E-state index >= 15 is 0 Å². The molecular formula is C11H17N3. The Bertz CT molecular complexity index is 339. The van der Waals surface area contributed by atoms with E-state index in [2.05, 4.69) is 11.8 Å². The fraction of sp³-hybridized carbons (Fsp3) is 0.455. The molecule has 0 heterocycles. The molecule has 3 heteroatoms. The standard InChI is InChI=1S/C11H17N3/c1-8(2)14(13)10-7-5-4-6-9(3)11(10)12/h7-8H,6,12-13H2,1-3H3. The van der Waals surface area contributed by atoms with Crippen molar-refractivity contribution in [1.82, 2.24) is 5.01 Å². The van der Waals surface area contributed by atoms with Crippen LogP contribution in [0, 0.1) is 11.8 Å². The van der Waals surface area contributed by atoms with Crippen molar-refractivity contribution in [3.05, 3.63) is 23.0 Å². The third-order valence-electron chi connectivity index (χ3n) is 2.23. The van der Waals surface area contributed by atoms with Crippen molar-refractivity contribution in [2.75, 3.05) is 0 Å². The summed E-state index contributed by atoms with van der Waals surface area (Å²) in [5.41, 5.74) is 8.61. The average Bonchev–Trinajstić information content (AvgIpc) is 2.29. The topological polar surface area (TPSA) is 55.3 Å². The molecule has 1 aliphatic carbocycles. The van der Waals surface area contributed by atoms with Crippen LogP contribution < -0.4 is 11.6 Å². The molecule has 1 rings (SSSR count). The van der Waals surface area contributed by atoms with Gasteiger partial charge in [-0.25, -0.2) is 5.84 Å². The third kappa shape index (κ3) is 2.09. The Morgan fingerprint density at radius 3 is 2.71 bits per heavy atom. The van der Waals surface area contributed by atoms with Crippen molar-refractivity contribution < 1.29 is 0 Å². The van der Waals surface area contributed by atoms with Crippen molar-refractivity contribution >= 4 is 0 Å². The minimum absolute atomic E-state index is 0.215. The van der Waals surface area contributed by atoms with Crippen molar-refractivity contribution in [1.29, 1.82) is 0 Å². The van der Waals surface area contributed by atoms with Crippen LogP contribution in [-0.2, 0) is 0 Å². The largest absolute Gasteiger partial charge is 0.397 e. The highest BCUT2D eigenvalue weighted by Gasteiger charge is 2.13. The maximum atomic E-state index is 5.97. The Morgan fingerprint density at radius 1 is 1.50 bits per heavy atom. The molecule has 0 fully saturated rings. The fourth-order valence-electron chi connectivity index (χ4n) is 1.19. The molecular weight excluding hydrogens is 174 g/mol. The SMILES string of the molecule is CC1=C(N)C(N(N)C(C)C)=CC#CC1. The van der Waals surface area contributed by atoms with Gasteiger partial charge in [-0.05, 0) is 26.3 Å². The third-order valence-corrected chi connectivity index (χ3v) is 2.23. The van der Waals surface area contributed by atoms with Gasteiger partial charge < -0.3 is 10.7 Å². The first-order chi connectivity index (χ1) is 6.54. The van der Waals surface area contributed by atoms with Crippen LogP contribution in [0.5, 0.6) is 0 Å². The molecule has 0 aromatic rings. The Kier molecular flexibility index (Phi) is 3.21. The van der Waals surface area contributed by atoms with Gasteiger partial charge in [-0.1, -0.05) is 11.8 Å². The van der Waals surface area contributed by atoms with E-state index in [1.807, 2.05) is 20.8 Å². The first kappa shape index (κ1) is 10.7. The van der Waals surface area contributed by atoms with Crippen LogP contribution >= 0.6 is 0 Å². The first-order valence-corrected chi connectivity index (χ1v) is 4.72. The highest BCUT2D eigenvalue weighted by molar-refractivity contribution is 5.40. The minimum atomic E-state index is 0.215. The minimum Gasteiger partial charge on any atom is -0.397 e. The van der Waals surface area contributed by atoms with E-state index in [-0.39, 0.29) is 6.04 Å². The predicted octanol–water partition coefficient (Wildman–Crippen LogP) is 1.09. The molecule has 0 spiro atoms. The summed E-state index contributed by atoms with van der Waals surface area (Å²) >= 11 is 0. The molecule has 0 aromatic carbocycles. The van der Waals surface area contributed by atoms with Crippen LogP contribution in [0.1, 0.15) is 27.2 Å². The summed E-state index contributed by atoms with van der Waals surface area (Å²) in [6.45, 7) is 6.01. The molecule has 0 atom stereocenters. The molecule has 0 bridgehead atoms. The molecule has 0 aromatic heterocycles. The monoisotopic (exact) mass is 191 g/mol. The molecule has 3 nitrogen and oxygen atoms in total. The number of allylic oxidation sites excluding steroid dienone is 2. The van der Waals surface area contributed by atoms with E-state index in [0.29, 0.717) is 0 Å². The van der Waals surface area contributed by atoms with Crippen molar-refractivity contribution in [3.63, 3.8) is 0 Å². The second-order valence-electron chi connectivity index (χ2n) is 3.72. The van der Waals surface area contributed by atoms with Crippen molar-refractivity contribution in [2.45, 2.75) is 33.2 Å². The van der Waals surface area contributed by atoms with Crippen LogP contribution in [0.25, 0.3) is 0 Å². The Labute approximate surface area is 85.4 Å². The second-order valence-corrected chi connectivity index (χ2v) is 3.72. The van der Waals surface area contributed by atoms with Crippen molar-refractivity contribution in [3.8, 4) is 11.8 Å². The summed E-state index contributed by atoms with van der Waals surface area (Å²) < 4.78 is 0. The molecule has 76 valence electrons. The zero-order valence-corrected chi connectivity index (χ0v) is 8.96. The van der Waals surface area contributed by atoms with E-state index in [1.54, 1.807) is 11.1 Å². The Hall–Kier alpha value is -1.40. The second kappa shape index (κ2) is 4.21. The summed E-state index contributed by atoms with van der Waals surface area (Å²) in [5, 5.41) is 1.65. The Morgan fingerprint density at radius 2 is 2.14 bits per heavy atom. The van der Waals surface area contributed by atoms with Gasteiger partial charge in [0.15, 0.2) is 0 Å². The lowest BCUT2D eigenvalue weighted by atomic mass is 10.1. The van der Waals surface area contributed by atoms with E-state index in [1.165, 1.54) is 0 Å².